The number of halogens is 1. The van der Waals surface area contributed by atoms with Crippen LogP contribution in [-0.2, 0) is 0 Å². The molecule has 4 nitrogen and oxygen atoms in total. The van der Waals surface area contributed by atoms with Gasteiger partial charge < -0.3 is 4.74 Å². The molecule has 0 amide bonds. The number of fused-ring (bicyclic) bond motifs is 1. The fourth-order valence-electron chi connectivity index (χ4n) is 3.00. The summed E-state index contributed by atoms with van der Waals surface area (Å²) >= 11 is 6.06. The van der Waals surface area contributed by atoms with Crippen molar-refractivity contribution in [3.8, 4) is 28.0 Å². The molecule has 0 aliphatic carbocycles. The van der Waals surface area contributed by atoms with Crippen LogP contribution in [0.4, 0.5) is 0 Å². The van der Waals surface area contributed by atoms with Crippen LogP contribution in [0.3, 0.4) is 0 Å². The minimum Gasteiger partial charge on any atom is -0.496 e. The first-order chi connectivity index (χ1) is 12.2. The molecule has 0 unspecified atom stereocenters. The Labute approximate surface area is 150 Å². The van der Waals surface area contributed by atoms with E-state index in [4.69, 9.17) is 16.3 Å². The van der Waals surface area contributed by atoms with Gasteiger partial charge in [0.25, 0.3) is 0 Å². The molecule has 5 heteroatoms. The Morgan fingerprint density at radius 1 is 0.920 bits per heavy atom. The molecule has 0 saturated carbocycles. The lowest BCUT2D eigenvalue weighted by atomic mass is 9.95. The number of pyridine rings is 1. The van der Waals surface area contributed by atoms with Crippen LogP contribution in [0, 0.1) is 6.92 Å². The van der Waals surface area contributed by atoms with E-state index < -0.39 is 0 Å². The van der Waals surface area contributed by atoms with Crippen molar-refractivity contribution in [3.05, 3.63) is 71.6 Å². The van der Waals surface area contributed by atoms with Crippen LogP contribution in [0.25, 0.3) is 27.9 Å². The van der Waals surface area contributed by atoms with Gasteiger partial charge in [-0.15, -0.1) is 10.2 Å². The molecule has 0 aliphatic heterocycles. The van der Waals surface area contributed by atoms with Crippen LogP contribution in [-0.4, -0.2) is 21.7 Å². The molecule has 4 aromatic rings. The molecule has 0 bridgehead atoms. The van der Waals surface area contributed by atoms with Crippen LogP contribution in [0.15, 0.2) is 60.8 Å². The zero-order valence-electron chi connectivity index (χ0n) is 13.9. The molecule has 4 rings (SSSR count). The summed E-state index contributed by atoms with van der Waals surface area (Å²) in [6.07, 6.45) is 2.06. The van der Waals surface area contributed by atoms with Crippen molar-refractivity contribution in [1.29, 1.82) is 0 Å². The summed E-state index contributed by atoms with van der Waals surface area (Å²) in [5.41, 5.74) is 5.00. The van der Waals surface area contributed by atoms with Gasteiger partial charge in [-0.3, -0.25) is 4.40 Å². The van der Waals surface area contributed by atoms with E-state index in [1.807, 2.05) is 59.9 Å². The number of methoxy groups -OCH3 is 1. The monoisotopic (exact) mass is 349 g/mol. The van der Waals surface area contributed by atoms with Crippen molar-refractivity contribution in [2.75, 3.05) is 7.11 Å². The van der Waals surface area contributed by atoms with Gasteiger partial charge in [0, 0.05) is 22.3 Å². The topological polar surface area (TPSA) is 39.4 Å². The number of aryl methyl sites for hydroxylation is 1. The average molecular weight is 350 g/mol. The quantitative estimate of drug-likeness (QED) is 0.520. The molecule has 0 saturated heterocycles. The maximum absolute atomic E-state index is 6.06. The summed E-state index contributed by atoms with van der Waals surface area (Å²) in [4.78, 5) is 0. The molecule has 25 heavy (non-hydrogen) atoms. The first-order valence-electron chi connectivity index (χ1n) is 7.92. The predicted molar refractivity (Wildman–Crippen MR) is 100 cm³/mol. The zero-order valence-corrected chi connectivity index (χ0v) is 14.7. The van der Waals surface area contributed by atoms with Crippen molar-refractivity contribution in [1.82, 2.24) is 14.6 Å². The lowest BCUT2D eigenvalue weighted by Gasteiger charge is -2.14. The number of aromatic nitrogens is 3. The van der Waals surface area contributed by atoms with E-state index in [1.54, 1.807) is 7.11 Å². The van der Waals surface area contributed by atoms with Crippen molar-refractivity contribution in [3.63, 3.8) is 0 Å². The lowest BCUT2D eigenvalue weighted by molar-refractivity contribution is 0.416. The number of hydrogen-bond acceptors (Lipinski definition) is 3. The third kappa shape index (κ3) is 2.75. The number of nitrogens with zero attached hydrogens (tertiary/aromatic N) is 3. The summed E-state index contributed by atoms with van der Waals surface area (Å²) in [6, 6.07) is 17.8. The van der Waals surface area contributed by atoms with Crippen molar-refractivity contribution in [2.24, 2.45) is 0 Å². The van der Waals surface area contributed by atoms with E-state index in [0.29, 0.717) is 5.02 Å². The molecule has 0 spiro atoms. The molecule has 2 heterocycles. The van der Waals surface area contributed by atoms with Gasteiger partial charge in [0.05, 0.1) is 7.11 Å². The summed E-state index contributed by atoms with van der Waals surface area (Å²) in [7, 11) is 1.68. The van der Waals surface area contributed by atoms with Crippen LogP contribution >= 0.6 is 11.6 Å². The van der Waals surface area contributed by atoms with Gasteiger partial charge in [-0.25, -0.2) is 0 Å². The van der Waals surface area contributed by atoms with Crippen LogP contribution < -0.4 is 4.74 Å². The van der Waals surface area contributed by atoms with E-state index in [0.717, 1.165) is 39.5 Å². The highest BCUT2D eigenvalue weighted by molar-refractivity contribution is 6.30. The number of para-hydroxylation sites is 1. The van der Waals surface area contributed by atoms with Crippen LogP contribution in [0.2, 0.25) is 5.02 Å². The third-order valence-electron chi connectivity index (χ3n) is 4.27. The van der Waals surface area contributed by atoms with Gasteiger partial charge in [0.2, 0.25) is 0 Å². The Hall–Kier alpha value is -2.85. The second-order valence-electron chi connectivity index (χ2n) is 5.78. The predicted octanol–water partition coefficient (Wildman–Crippen LogP) is 5.03. The first-order valence-corrected chi connectivity index (χ1v) is 8.30. The Morgan fingerprint density at radius 2 is 1.68 bits per heavy atom. The molecular formula is C20H16ClN3O. The first kappa shape index (κ1) is 15.7. The van der Waals surface area contributed by atoms with Gasteiger partial charge in [-0.1, -0.05) is 41.9 Å². The third-order valence-corrected chi connectivity index (χ3v) is 4.52. The highest BCUT2D eigenvalue weighted by atomic mass is 35.5. The van der Waals surface area contributed by atoms with E-state index in [-0.39, 0.29) is 0 Å². The number of hydrogen-bond donors (Lipinski definition) is 0. The van der Waals surface area contributed by atoms with E-state index in [2.05, 4.69) is 22.5 Å². The summed E-state index contributed by atoms with van der Waals surface area (Å²) in [6.45, 7) is 1.94. The molecule has 0 radical (unpaired) electrons. The zero-order chi connectivity index (χ0) is 17.4. The maximum Gasteiger partial charge on any atom is 0.161 e. The summed E-state index contributed by atoms with van der Waals surface area (Å²) in [5.74, 6) is 1.66. The summed E-state index contributed by atoms with van der Waals surface area (Å²) in [5, 5.41) is 9.15. The molecular weight excluding hydrogens is 334 g/mol. The van der Waals surface area contributed by atoms with Gasteiger partial charge in [-0.05, 0) is 42.3 Å². The molecule has 0 atom stereocenters. The molecule has 124 valence electrons. The lowest BCUT2D eigenvalue weighted by Crippen LogP contribution is -1.95. The highest BCUT2D eigenvalue weighted by Gasteiger charge is 2.15. The standard InChI is InChI=1S/C20H16ClN3O/c1-13-22-23-20-11-17(14-7-9-15(21)10-8-14)18(12-24(13)20)16-5-3-4-6-19(16)25-2/h3-12H,1-2H3. The van der Waals surface area contributed by atoms with Crippen LogP contribution in [0.1, 0.15) is 5.82 Å². The molecule has 2 aromatic carbocycles. The minimum atomic E-state index is 0.710. The van der Waals surface area contributed by atoms with Gasteiger partial charge >= 0.3 is 0 Å². The van der Waals surface area contributed by atoms with E-state index in [9.17, 15) is 0 Å². The van der Waals surface area contributed by atoms with E-state index in [1.165, 1.54) is 0 Å². The van der Waals surface area contributed by atoms with Gasteiger partial charge in [0.15, 0.2) is 5.65 Å². The van der Waals surface area contributed by atoms with Gasteiger partial charge in [0.1, 0.15) is 11.6 Å². The largest absolute Gasteiger partial charge is 0.496 e. The SMILES string of the molecule is COc1ccccc1-c1cn2c(C)nnc2cc1-c1ccc(Cl)cc1. The second kappa shape index (κ2) is 6.22. The smallest absolute Gasteiger partial charge is 0.161 e. The van der Waals surface area contributed by atoms with Crippen molar-refractivity contribution in [2.45, 2.75) is 6.92 Å². The molecule has 0 aliphatic rings. The Bertz CT molecular complexity index is 1050. The van der Waals surface area contributed by atoms with Crippen molar-refractivity contribution >= 4 is 17.2 Å². The Morgan fingerprint density at radius 3 is 2.44 bits per heavy atom. The molecule has 0 N–H and O–H groups in total. The summed E-state index contributed by atoms with van der Waals surface area (Å²) < 4.78 is 7.56. The highest BCUT2D eigenvalue weighted by Crippen LogP contribution is 2.38. The van der Waals surface area contributed by atoms with E-state index >= 15 is 0 Å². The fourth-order valence-corrected chi connectivity index (χ4v) is 3.13. The maximum atomic E-state index is 6.06. The normalized spacial score (nSPS) is 11.0. The fraction of sp³-hybridized carbons (Fsp3) is 0.100. The second-order valence-corrected chi connectivity index (χ2v) is 6.22. The Balaban J connectivity index is 2.04. The number of ether oxygens (including phenoxy) is 1. The minimum absolute atomic E-state index is 0.710. The number of benzene rings is 2. The number of rotatable bonds is 3. The molecule has 2 aromatic heterocycles. The molecule has 0 fully saturated rings. The van der Waals surface area contributed by atoms with Gasteiger partial charge in [-0.2, -0.15) is 0 Å². The van der Waals surface area contributed by atoms with Crippen molar-refractivity contribution < 1.29 is 4.74 Å². The Kier molecular flexibility index (Phi) is 3.90. The average Bonchev–Trinajstić information content (AvgIpc) is 3.01. The van der Waals surface area contributed by atoms with Crippen LogP contribution in [0.5, 0.6) is 5.75 Å².